The Bertz CT molecular complexity index is 1040. The summed E-state index contributed by atoms with van der Waals surface area (Å²) in [4.78, 5) is 26.4. The number of aromatic nitrogens is 2. The Morgan fingerprint density at radius 2 is 1.93 bits per heavy atom. The van der Waals surface area contributed by atoms with Crippen molar-refractivity contribution in [2.24, 2.45) is 0 Å². The van der Waals surface area contributed by atoms with Gasteiger partial charge in [0, 0.05) is 43.2 Å². The van der Waals surface area contributed by atoms with Crippen molar-refractivity contribution < 1.29 is 9.18 Å². The van der Waals surface area contributed by atoms with Gasteiger partial charge in [-0.15, -0.1) is 0 Å². The van der Waals surface area contributed by atoms with Gasteiger partial charge in [0.1, 0.15) is 11.6 Å². The van der Waals surface area contributed by atoms with Gasteiger partial charge in [-0.2, -0.15) is 0 Å². The molecule has 0 fully saturated rings. The Kier molecular flexibility index (Phi) is 5.25. The number of hydrogen-bond acceptors (Lipinski definition) is 4. The molecule has 0 radical (unpaired) electrons. The van der Waals surface area contributed by atoms with E-state index in [-0.39, 0.29) is 5.91 Å². The molecule has 0 aliphatic carbocycles. The number of carbonyl (C=O) groups is 1. The maximum Gasteiger partial charge on any atom is 0.254 e. The highest BCUT2D eigenvalue weighted by Gasteiger charge is 2.27. The molecule has 148 valence electrons. The summed E-state index contributed by atoms with van der Waals surface area (Å²) in [6.45, 7) is 3.81. The molecule has 5 nitrogen and oxygen atoms in total. The third-order valence-electron chi connectivity index (χ3n) is 5.27. The molecule has 0 saturated heterocycles. The largest absolute Gasteiger partial charge is 0.360 e. The van der Waals surface area contributed by atoms with E-state index in [1.807, 2.05) is 37.4 Å². The third-order valence-corrected chi connectivity index (χ3v) is 5.27. The predicted molar refractivity (Wildman–Crippen MR) is 111 cm³/mol. The van der Waals surface area contributed by atoms with Gasteiger partial charge in [0.05, 0.1) is 12.2 Å². The Hall–Kier alpha value is -3.28. The Labute approximate surface area is 169 Å². The van der Waals surface area contributed by atoms with E-state index in [9.17, 15) is 9.18 Å². The molecule has 0 N–H and O–H groups in total. The van der Waals surface area contributed by atoms with Crippen LogP contribution in [-0.4, -0.2) is 40.9 Å². The highest BCUT2D eigenvalue weighted by atomic mass is 19.1. The molecule has 2 heterocycles. The number of anilines is 1. The molecule has 1 aliphatic rings. The third kappa shape index (κ3) is 3.83. The van der Waals surface area contributed by atoms with Crippen molar-refractivity contribution in [3.05, 3.63) is 77.2 Å². The first kappa shape index (κ1) is 19.1. The molecule has 3 aromatic rings. The summed E-state index contributed by atoms with van der Waals surface area (Å²) >= 11 is 0. The zero-order chi connectivity index (χ0) is 20.4. The summed E-state index contributed by atoms with van der Waals surface area (Å²) in [5.41, 5.74) is 3.27. The van der Waals surface area contributed by atoms with Crippen LogP contribution in [0.3, 0.4) is 0 Å². The van der Waals surface area contributed by atoms with Crippen LogP contribution in [0.15, 0.2) is 54.6 Å². The maximum atomic E-state index is 13.6. The second-order valence-corrected chi connectivity index (χ2v) is 7.16. The lowest BCUT2D eigenvalue weighted by molar-refractivity contribution is 0.0733. The SMILES string of the molecule is CCN(C)c1nc(-c2ccccc2)nc2c1CN(C(=O)c1cccc(F)c1)CC2. The van der Waals surface area contributed by atoms with Crippen LogP contribution in [0.1, 0.15) is 28.5 Å². The smallest absolute Gasteiger partial charge is 0.254 e. The minimum absolute atomic E-state index is 0.174. The number of carbonyl (C=O) groups excluding carboxylic acids is 1. The first-order valence-electron chi connectivity index (χ1n) is 9.78. The molecule has 1 aliphatic heterocycles. The van der Waals surface area contributed by atoms with Gasteiger partial charge in [-0.1, -0.05) is 36.4 Å². The number of amides is 1. The summed E-state index contributed by atoms with van der Waals surface area (Å²) in [5, 5.41) is 0. The molecule has 2 aromatic carbocycles. The van der Waals surface area contributed by atoms with Crippen molar-refractivity contribution in [3.63, 3.8) is 0 Å². The van der Waals surface area contributed by atoms with Gasteiger partial charge in [-0.3, -0.25) is 4.79 Å². The van der Waals surface area contributed by atoms with E-state index in [0.29, 0.717) is 30.9 Å². The van der Waals surface area contributed by atoms with E-state index in [0.717, 1.165) is 29.2 Å². The summed E-state index contributed by atoms with van der Waals surface area (Å²) < 4.78 is 13.6. The highest BCUT2D eigenvalue weighted by molar-refractivity contribution is 5.94. The van der Waals surface area contributed by atoms with Crippen LogP contribution in [0.2, 0.25) is 0 Å². The molecular formula is C23H23FN4O. The lowest BCUT2D eigenvalue weighted by atomic mass is 10.0. The number of hydrogen-bond donors (Lipinski definition) is 0. The van der Waals surface area contributed by atoms with Crippen LogP contribution in [0.4, 0.5) is 10.2 Å². The van der Waals surface area contributed by atoms with E-state index in [4.69, 9.17) is 9.97 Å². The van der Waals surface area contributed by atoms with Crippen LogP contribution in [-0.2, 0) is 13.0 Å². The van der Waals surface area contributed by atoms with E-state index in [1.54, 1.807) is 17.0 Å². The van der Waals surface area contributed by atoms with E-state index in [2.05, 4.69) is 11.8 Å². The second-order valence-electron chi connectivity index (χ2n) is 7.16. The number of benzene rings is 2. The summed E-state index contributed by atoms with van der Waals surface area (Å²) in [6.07, 6.45) is 0.642. The van der Waals surface area contributed by atoms with Gasteiger partial charge < -0.3 is 9.80 Å². The molecule has 4 rings (SSSR count). The molecule has 0 unspecified atom stereocenters. The Morgan fingerprint density at radius 1 is 1.14 bits per heavy atom. The summed E-state index contributed by atoms with van der Waals surface area (Å²) in [6, 6.07) is 15.8. The van der Waals surface area contributed by atoms with Crippen LogP contribution in [0.5, 0.6) is 0 Å². The first-order chi connectivity index (χ1) is 14.1. The fourth-order valence-electron chi connectivity index (χ4n) is 3.56. The quantitative estimate of drug-likeness (QED) is 0.677. The Morgan fingerprint density at radius 3 is 2.66 bits per heavy atom. The fraction of sp³-hybridized carbons (Fsp3) is 0.261. The molecule has 0 saturated carbocycles. The lowest BCUT2D eigenvalue weighted by Crippen LogP contribution is -2.38. The van der Waals surface area contributed by atoms with Crippen LogP contribution < -0.4 is 4.90 Å². The van der Waals surface area contributed by atoms with Crippen molar-refractivity contribution in [1.82, 2.24) is 14.9 Å². The molecule has 0 bridgehead atoms. The zero-order valence-electron chi connectivity index (χ0n) is 16.6. The number of rotatable bonds is 4. The van der Waals surface area contributed by atoms with E-state index >= 15 is 0 Å². The average molecular weight is 390 g/mol. The minimum Gasteiger partial charge on any atom is -0.360 e. The Balaban J connectivity index is 1.71. The maximum absolute atomic E-state index is 13.6. The van der Waals surface area contributed by atoms with Gasteiger partial charge >= 0.3 is 0 Å². The predicted octanol–water partition coefficient (Wildman–Crippen LogP) is 3.94. The normalized spacial score (nSPS) is 13.1. The van der Waals surface area contributed by atoms with Gasteiger partial charge in [0.15, 0.2) is 5.82 Å². The van der Waals surface area contributed by atoms with Crippen LogP contribution in [0.25, 0.3) is 11.4 Å². The highest BCUT2D eigenvalue weighted by Crippen LogP contribution is 2.29. The van der Waals surface area contributed by atoms with Crippen LogP contribution in [0, 0.1) is 5.82 Å². The number of nitrogens with zero attached hydrogens (tertiary/aromatic N) is 4. The van der Waals surface area contributed by atoms with Crippen LogP contribution >= 0.6 is 0 Å². The molecule has 29 heavy (non-hydrogen) atoms. The summed E-state index contributed by atoms with van der Waals surface area (Å²) in [5.74, 6) is 0.959. The topological polar surface area (TPSA) is 49.3 Å². The van der Waals surface area contributed by atoms with Crippen molar-refractivity contribution >= 4 is 11.7 Å². The standard InChI is InChI=1S/C23H23FN4O/c1-3-27(2)22-19-15-28(23(29)17-10-7-11-18(24)14-17)13-12-20(19)25-21(26-22)16-8-5-4-6-9-16/h4-11,14H,3,12-13,15H2,1-2H3. The molecular weight excluding hydrogens is 367 g/mol. The van der Waals surface area contributed by atoms with Crippen molar-refractivity contribution in [2.45, 2.75) is 19.9 Å². The number of fused-ring (bicyclic) bond motifs is 1. The van der Waals surface area contributed by atoms with Crippen molar-refractivity contribution in [2.75, 3.05) is 25.0 Å². The van der Waals surface area contributed by atoms with Gasteiger partial charge in [-0.05, 0) is 25.1 Å². The van der Waals surface area contributed by atoms with Gasteiger partial charge in [0.25, 0.3) is 5.91 Å². The zero-order valence-corrected chi connectivity index (χ0v) is 16.6. The fourth-order valence-corrected chi connectivity index (χ4v) is 3.56. The van der Waals surface area contributed by atoms with Gasteiger partial charge in [-0.25, -0.2) is 14.4 Å². The second kappa shape index (κ2) is 7.99. The molecule has 1 aromatic heterocycles. The monoisotopic (exact) mass is 390 g/mol. The first-order valence-corrected chi connectivity index (χ1v) is 9.78. The number of halogens is 1. The van der Waals surface area contributed by atoms with Crippen molar-refractivity contribution in [1.29, 1.82) is 0 Å². The minimum atomic E-state index is -0.407. The average Bonchev–Trinajstić information content (AvgIpc) is 2.77. The summed E-state index contributed by atoms with van der Waals surface area (Å²) in [7, 11) is 1.99. The lowest BCUT2D eigenvalue weighted by Gasteiger charge is -2.31. The molecule has 0 spiro atoms. The van der Waals surface area contributed by atoms with E-state index in [1.165, 1.54) is 12.1 Å². The van der Waals surface area contributed by atoms with E-state index < -0.39 is 5.82 Å². The van der Waals surface area contributed by atoms with Gasteiger partial charge in [0.2, 0.25) is 0 Å². The molecule has 6 heteroatoms. The molecule has 0 atom stereocenters. The molecule has 1 amide bonds. The van der Waals surface area contributed by atoms with Crippen molar-refractivity contribution in [3.8, 4) is 11.4 Å².